The summed E-state index contributed by atoms with van der Waals surface area (Å²) < 4.78 is 5.61. The smallest absolute Gasteiger partial charge is 0.142 e. The van der Waals surface area contributed by atoms with Gasteiger partial charge in [0.1, 0.15) is 5.75 Å². The molecule has 2 N–H and O–H groups in total. The molecule has 24 heavy (non-hydrogen) atoms. The molecule has 5 aliphatic heterocycles. The van der Waals surface area contributed by atoms with Crippen molar-refractivity contribution in [3.8, 4) is 5.75 Å². The van der Waals surface area contributed by atoms with Gasteiger partial charge in [0.15, 0.2) is 0 Å². The number of allylic oxidation sites excluding steroid dienone is 1. The number of hydrogen-bond donors (Lipinski definition) is 2. The molecule has 1 aromatic carbocycles. The number of nitrogens with one attached hydrogen (secondary N) is 1. The fourth-order valence-electron chi connectivity index (χ4n) is 7.09. The van der Waals surface area contributed by atoms with Gasteiger partial charge in [-0.3, -0.25) is 4.90 Å². The first-order chi connectivity index (χ1) is 11.7. The van der Waals surface area contributed by atoms with Crippen LogP contribution >= 0.6 is 0 Å². The Bertz CT molecular complexity index is 775. The summed E-state index contributed by atoms with van der Waals surface area (Å²) in [4.78, 5) is 2.70. The molecular formula is C20H24N2O2. The lowest BCUT2D eigenvalue weighted by molar-refractivity contribution is -0.0318. The molecular weight excluding hydrogens is 300 g/mol. The SMILES string of the molecule is C/C=C1\CN2C3CC45c6cccc(OC)c6NC4C2CC1C3C5O. The molecule has 0 amide bonds. The summed E-state index contributed by atoms with van der Waals surface area (Å²) in [5.74, 6) is 1.88. The summed E-state index contributed by atoms with van der Waals surface area (Å²) in [7, 11) is 1.74. The predicted octanol–water partition coefficient (Wildman–Crippen LogP) is 2.14. The maximum Gasteiger partial charge on any atom is 0.142 e. The Balaban J connectivity index is 1.58. The number of para-hydroxylation sites is 1. The zero-order valence-electron chi connectivity index (χ0n) is 14.2. The highest BCUT2D eigenvalue weighted by atomic mass is 16.5. The summed E-state index contributed by atoms with van der Waals surface area (Å²) in [5, 5.41) is 15.4. The van der Waals surface area contributed by atoms with Gasteiger partial charge in [-0.05, 0) is 37.3 Å². The molecule has 1 saturated carbocycles. The molecule has 6 aliphatic rings. The largest absolute Gasteiger partial charge is 0.495 e. The van der Waals surface area contributed by atoms with E-state index < -0.39 is 0 Å². The molecule has 4 heteroatoms. The van der Waals surface area contributed by atoms with Crippen molar-refractivity contribution in [1.29, 1.82) is 0 Å². The van der Waals surface area contributed by atoms with Crippen LogP contribution in [0.15, 0.2) is 29.8 Å². The third-order valence-corrected chi connectivity index (χ3v) is 7.89. The predicted molar refractivity (Wildman–Crippen MR) is 92.3 cm³/mol. The van der Waals surface area contributed by atoms with Crippen molar-refractivity contribution in [2.75, 3.05) is 19.0 Å². The van der Waals surface area contributed by atoms with Crippen LogP contribution in [0, 0.1) is 11.8 Å². The molecule has 126 valence electrons. The average molecular weight is 324 g/mol. The van der Waals surface area contributed by atoms with Crippen LogP contribution in [0.2, 0.25) is 0 Å². The number of hydrogen-bond acceptors (Lipinski definition) is 4. The highest BCUT2D eigenvalue weighted by molar-refractivity contribution is 5.72. The number of rotatable bonds is 1. The van der Waals surface area contributed by atoms with E-state index in [1.165, 1.54) is 12.0 Å². The minimum Gasteiger partial charge on any atom is -0.495 e. The maximum absolute atomic E-state index is 11.6. The second-order valence-electron chi connectivity index (χ2n) is 8.28. The van der Waals surface area contributed by atoms with Crippen LogP contribution in [-0.2, 0) is 5.41 Å². The Labute approximate surface area is 142 Å². The van der Waals surface area contributed by atoms with Crippen molar-refractivity contribution in [2.45, 2.75) is 49.4 Å². The molecule has 4 nitrogen and oxygen atoms in total. The van der Waals surface area contributed by atoms with Crippen LogP contribution < -0.4 is 10.1 Å². The number of fused-ring (bicyclic) bond motifs is 2. The number of piperidine rings is 4. The Hall–Kier alpha value is -1.52. The molecule has 5 fully saturated rings. The number of anilines is 1. The highest BCUT2D eigenvalue weighted by Crippen LogP contribution is 2.67. The quantitative estimate of drug-likeness (QED) is 0.777. The van der Waals surface area contributed by atoms with Gasteiger partial charge in [-0.2, -0.15) is 0 Å². The number of methoxy groups -OCH3 is 1. The summed E-state index contributed by atoms with van der Waals surface area (Å²) in [6.07, 6.45) is 4.31. The van der Waals surface area contributed by atoms with Gasteiger partial charge < -0.3 is 15.2 Å². The van der Waals surface area contributed by atoms with Crippen molar-refractivity contribution >= 4 is 5.69 Å². The third-order valence-electron chi connectivity index (χ3n) is 7.89. The zero-order chi connectivity index (χ0) is 16.2. The normalized spacial score (nSPS) is 50.8. The van der Waals surface area contributed by atoms with Crippen LogP contribution in [-0.4, -0.2) is 47.9 Å². The molecule has 1 aliphatic carbocycles. The van der Waals surface area contributed by atoms with E-state index >= 15 is 0 Å². The lowest BCUT2D eigenvalue weighted by atomic mass is 9.65. The second kappa shape index (κ2) is 4.17. The summed E-state index contributed by atoms with van der Waals surface area (Å²) in [6, 6.07) is 7.71. The van der Waals surface area contributed by atoms with Crippen molar-refractivity contribution in [3.63, 3.8) is 0 Å². The van der Waals surface area contributed by atoms with Crippen molar-refractivity contribution in [1.82, 2.24) is 4.90 Å². The molecule has 5 heterocycles. The van der Waals surface area contributed by atoms with Crippen molar-refractivity contribution in [3.05, 3.63) is 35.4 Å². The number of benzene rings is 1. The number of aliphatic hydroxyl groups is 1. The van der Waals surface area contributed by atoms with Gasteiger partial charge >= 0.3 is 0 Å². The van der Waals surface area contributed by atoms with Crippen LogP contribution in [0.3, 0.4) is 0 Å². The number of ether oxygens (including phenoxy) is 1. The molecule has 4 saturated heterocycles. The third kappa shape index (κ3) is 1.23. The summed E-state index contributed by atoms with van der Waals surface area (Å²) >= 11 is 0. The first-order valence-corrected chi connectivity index (χ1v) is 9.23. The van der Waals surface area contributed by atoms with E-state index in [1.807, 2.05) is 6.07 Å². The monoisotopic (exact) mass is 324 g/mol. The summed E-state index contributed by atoms with van der Waals surface area (Å²) in [6.45, 7) is 3.26. The fraction of sp³-hybridized carbons (Fsp3) is 0.600. The number of nitrogens with zero attached hydrogens (tertiary/aromatic N) is 1. The van der Waals surface area contributed by atoms with E-state index in [0.29, 0.717) is 30.0 Å². The maximum atomic E-state index is 11.6. The average Bonchev–Trinajstić information content (AvgIpc) is 3.08. The molecule has 7 rings (SSSR count). The molecule has 8 atom stereocenters. The minimum atomic E-state index is -0.261. The van der Waals surface area contributed by atoms with Gasteiger partial charge in [0.2, 0.25) is 0 Å². The Morgan fingerprint density at radius 1 is 1.38 bits per heavy atom. The van der Waals surface area contributed by atoms with E-state index in [2.05, 4.69) is 35.3 Å². The van der Waals surface area contributed by atoms with Crippen LogP contribution in [0.4, 0.5) is 5.69 Å². The Kier molecular flexibility index (Phi) is 2.39. The lowest BCUT2D eigenvalue weighted by Crippen LogP contribution is -2.66. The van der Waals surface area contributed by atoms with Gasteiger partial charge in [0.25, 0.3) is 0 Å². The van der Waals surface area contributed by atoms with Gasteiger partial charge in [-0.25, -0.2) is 0 Å². The molecule has 1 aromatic rings. The Morgan fingerprint density at radius 3 is 3.04 bits per heavy atom. The summed E-state index contributed by atoms with van der Waals surface area (Å²) in [5.41, 5.74) is 3.84. The first kappa shape index (κ1) is 13.7. The van der Waals surface area contributed by atoms with Crippen molar-refractivity contribution in [2.24, 2.45) is 11.8 Å². The van der Waals surface area contributed by atoms with Crippen LogP contribution in [0.25, 0.3) is 0 Å². The van der Waals surface area contributed by atoms with Gasteiger partial charge in [0, 0.05) is 30.0 Å². The Morgan fingerprint density at radius 2 is 2.25 bits per heavy atom. The van der Waals surface area contributed by atoms with E-state index in [4.69, 9.17) is 4.74 Å². The molecule has 0 radical (unpaired) electrons. The van der Waals surface area contributed by atoms with E-state index in [0.717, 1.165) is 24.4 Å². The van der Waals surface area contributed by atoms with E-state index in [9.17, 15) is 5.11 Å². The molecule has 0 aromatic heterocycles. The van der Waals surface area contributed by atoms with Crippen LogP contribution in [0.5, 0.6) is 5.75 Å². The number of aliphatic hydroxyl groups excluding tert-OH is 1. The topological polar surface area (TPSA) is 44.7 Å². The standard InChI is InChI=1S/C20H24N2O2/c1-3-10-9-22-13-7-11(10)16-14(22)8-20(19(16)23)12-5-4-6-15(24-2)17(12)21-18(13)20/h3-6,11,13-14,16,18-19,21,23H,7-9H2,1-2H3/b10-3+. The second-order valence-corrected chi connectivity index (χ2v) is 8.28. The van der Waals surface area contributed by atoms with E-state index in [1.54, 1.807) is 12.7 Å². The van der Waals surface area contributed by atoms with E-state index in [-0.39, 0.29) is 11.5 Å². The molecule has 1 spiro atoms. The van der Waals surface area contributed by atoms with Gasteiger partial charge in [0.05, 0.1) is 24.9 Å². The zero-order valence-corrected chi connectivity index (χ0v) is 14.2. The van der Waals surface area contributed by atoms with Gasteiger partial charge in [-0.1, -0.05) is 23.8 Å². The highest BCUT2D eigenvalue weighted by Gasteiger charge is 2.73. The van der Waals surface area contributed by atoms with Crippen LogP contribution in [0.1, 0.15) is 25.3 Å². The molecule has 8 unspecified atom stereocenters. The minimum absolute atomic E-state index is 0.127. The molecule has 5 bridgehead atoms. The first-order valence-electron chi connectivity index (χ1n) is 9.23. The fourth-order valence-corrected chi connectivity index (χ4v) is 7.09. The van der Waals surface area contributed by atoms with Gasteiger partial charge in [-0.15, -0.1) is 0 Å². The lowest BCUT2D eigenvalue weighted by Gasteiger charge is -2.57. The van der Waals surface area contributed by atoms with Crippen molar-refractivity contribution < 1.29 is 9.84 Å².